The summed E-state index contributed by atoms with van der Waals surface area (Å²) in [6.45, 7) is 7.43. The van der Waals surface area contributed by atoms with E-state index in [1.165, 1.54) is 0 Å². The Morgan fingerprint density at radius 1 is 1.37 bits per heavy atom. The number of nitrogens with zero attached hydrogens (tertiary/aromatic N) is 2. The van der Waals surface area contributed by atoms with Crippen molar-refractivity contribution >= 4 is 0 Å². The molecule has 0 radical (unpaired) electrons. The third-order valence-electron chi connectivity index (χ3n) is 3.79. The van der Waals surface area contributed by atoms with Crippen molar-refractivity contribution in [3.8, 4) is 5.75 Å². The molecule has 0 unspecified atom stereocenters. The van der Waals surface area contributed by atoms with Crippen LogP contribution in [-0.4, -0.2) is 41.7 Å². The first-order valence-corrected chi connectivity index (χ1v) is 6.98. The average Bonchev–Trinajstić information content (AvgIpc) is 2.41. The minimum absolute atomic E-state index is 0.671. The zero-order valence-corrected chi connectivity index (χ0v) is 12.1. The predicted octanol–water partition coefficient (Wildman–Crippen LogP) is 2.03. The third-order valence-corrected chi connectivity index (χ3v) is 3.79. The van der Waals surface area contributed by atoms with E-state index in [2.05, 4.69) is 23.7 Å². The lowest BCUT2D eigenvalue weighted by atomic mass is 9.85. The molecule has 19 heavy (non-hydrogen) atoms. The Morgan fingerprint density at radius 3 is 2.63 bits per heavy atom. The van der Waals surface area contributed by atoms with Gasteiger partial charge in [-0.05, 0) is 24.8 Å². The van der Waals surface area contributed by atoms with Gasteiger partial charge in [-0.25, -0.2) is 0 Å². The summed E-state index contributed by atoms with van der Waals surface area (Å²) < 4.78 is 5.18. The summed E-state index contributed by atoms with van der Waals surface area (Å²) in [6, 6.07) is 1.89. The summed E-state index contributed by atoms with van der Waals surface area (Å²) in [6.07, 6.45) is 4.94. The van der Waals surface area contributed by atoms with Crippen molar-refractivity contribution in [1.29, 1.82) is 0 Å². The zero-order valence-electron chi connectivity index (χ0n) is 12.1. The Hall–Kier alpha value is -1.13. The van der Waals surface area contributed by atoms with Gasteiger partial charge in [0.2, 0.25) is 0 Å². The van der Waals surface area contributed by atoms with Crippen molar-refractivity contribution in [1.82, 2.24) is 9.88 Å². The molecule has 1 aromatic rings. The summed E-state index contributed by atoms with van der Waals surface area (Å²) in [4.78, 5) is 6.57. The van der Waals surface area contributed by atoms with Gasteiger partial charge < -0.3 is 14.7 Å². The molecule has 1 fully saturated rings. The van der Waals surface area contributed by atoms with E-state index in [-0.39, 0.29) is 0 Å². The number of piperidine rings is 1. The summed E-state index contributed by atoms with van der Waals surface area (Å²) in [7, 11) is 1.62. The summed E-state index contributed by atoms with van der Waals surface area (Å²) in [5, 5.41) is 10.8. The Morgan fingerprint density at radius 2 is 2.05 bits per heavy atom. The lowest BCUT2D eigenvalue weighted by molar-refractivity contribution is -0.0283. The predicted molar refractivity (Wildman–Crippen MR) is 75.2 cm³/mol. The molecule has 0 bridgehead atoms. The monoisotopic (exact) mass is 264 g/mol. The smallest absolute Gasteiger partial charge is 0.137 e. The van der Waals surface area contributed by atoms with E-state index in [0.29, 0.717) is 11.7 Å². The van der Waals surface area contributed by atoms with Gasteiger partial charge in [-0.15, -0.1) is 0 Å². The van der Waals surface area contributed by atoms with Gasteiger partial charge in [-0.1, -0.05) is 13.8 Å². The molecule has 106 valence electrons. The van der Waals surface area contributed by atoms with Crippen molar-refractivity contribution in [3.05, 3.63) is 24.0 Å². The second-order valence-electron chi connectivity index (χ2n) is 5.84. The first kappa shape index (κ1) is 14.3. The first-order valence-electron chi connectivity index (χ1n) is 6.98. The molecule has 1 aliphatic heterocycles. The highest BCUT2D eigenvalue weighted by Gasteiger charge is 2.34. The minimum Gasteiger partial charge on any atom is -0.495 e. The van der Waals surface area contributed by atoms with E-state index in [1.54, 1.807) is 19.5 Å². The number of ether oxygens (including phenoxy) is 1. The maximum absolute atomic E-state index is 10.8. The van der Waals surface area contributed by atoms with Crippen molar-refractivity contribution < 1.29 is 9.84 Å². The SMILES string of the molecule is COc1cncc(C2(O)CCN(CC(C)C)CC2)c1. The number of hydrogen-bond donors (Lipinski definition) is 1. The number of methoxy groups -OCH3 is 1. The third kappa shape index (κ3) is 3.45. The highest BCUT2D eigenvalue weighted by Crippen LogP contribution is 2.33. The molecule has 2 heterocycles. The van der Waals surface area contributed by atoms with Crippen molar-refractivity contribution in [3.63, 3.8) is 0 Å². The Kier molecular flexibility index (Phi) is 4.42. The molecule has 1 N–H and O–H groups in total. The van der Waals surface area contributed by atoms with E-state index in [4.69, 9.17) is 4.74 Å². The number of pyridine rings is 1. The molecule has 0 aromatic carbocycles. The van der Waals surface area contributed by atoms with Crippen molar-refractivity contribution in [2.75, 3.05) is 26.7 Å². The Balaban J connectivity index is 2.04. The van der Waals surface area contributed by atoms with Crippen LogP contribution in [0.1, 0.15) is 32.3 Å². The topological polar surface area (TPSA) is 45.6 Å². The normalized spacial score (nSPS) is 19.6. The van der Waals surface area contributed by atoms with Crippen LogP contribution in [0, 0.1) is 5.92 Å². The van der Waals surface area contributed by atoms with Crippen LogP contribution < -0.4 is 4.74 Å². The minimum atomic E-state index is -0.755. The second-order valence-corrected chi connectivity index (χ2v) is 5.84. The molecule has 1 aromatic heterocycles. The van der Waals surface area contributed by atoms with Crippen LogP contribution in [0.3, 0.4) is 0 Å². The fraction of sp³-hybridized carbons (Fsp3) is 0.667. The van der Waals surface area contributed by atoms with Gasteiger partial charge >= 0.3 is 0 Å². The van der Waals surface area contributed by atoms with Gasteiger partial charge in [-0.3, -0.25) is 4.98 Å². The second kappa shape index (κ2) is 5.88. The molecule has 0 spiro atoms. The standard InChI is InChI=1S/C15H24N2O2/c1-12(2)11-17-6-4-15(18,5-7-17)13-8-14(19-3)10-16-9-13/h8-10,12,18H,4-7,11H2,1-3H3. The number of aromatic nitrogens is 1. The molecule has 0 amide bonds. The van der Waals surface area contributed by atoms with Gasteiger partial charge in [0, 0.05) is 31.4 Å². The fourth-order valence-corrected chi connectivity index (χ4v) is 2.70. The van der Waals surface area contributed by atoms with Crippen LogP contribution in [0.2, 0.25) is 0 Å². The maximum Gasteiger partial charge on any atom is 0.137 e. The molecule has 4 nitrogen and oxygen atoms in total. The van der Waals surface area contributed by atoms with Gasteiger partial charge in [0.25, 0.3) is 0 Å². The lowest BCUT2D eigenvalue weighted by Gasteiger charge is -2.39. The van der Waals surface area contributed by atoms with E-state index in [9.17, 15) is 5.11 Å². The van der Waals surface area contributed by atoms with Crippen molar-refractivity contribution in [2.24, 2.45) is 5.92 Å². The average molecular weight is 264 g/mol. The Bertz CT molecular complexity index is 412. The van der Waals surface area contributed by atoms with E-state index < -0.39 is 5.60 Å². The molecule has 1 saturated heterocycles. The molecule has 0 saturated carbocycles. The number of likely N-dealkylation sites (tertiary alicyclic amines) is 1. The fourth-order valence-electron chi connectivity index (χ4n) is 2.70. The molecule has 2 rings (SSSR count). The van der Waals surface area contributed by atoms with Crippen LogP contribution in [-0.2, 0) is 5.60 Å². The molecule has 0 atom stereocenters. The molecule has 1 aliphatic rings. The highest BCUT2D eigenvalue weighted by molar-refractivity contribution is 5.28. The van der Waals surface area contributed by atoms with Gasteiger partial charge in [0.05, 0.1) is 18.9 Å². The zero-order chi connectivity index (χ0) is 13.9. The van der Waals surface area contributed by atoms with Gasteiger partial charge in [-0.2, -0.15) is 0 Å². The summed E-state index contributed by atoms with van der Waals surface area (Å²) >= 11 is 0. The van der Waals surface area contributed by atoms with E-state index in [0.717, 1.165) is 38.0 Å². The first-order chi connectivity index (χ1) is 9.03. The molecular formula is C15H24N2O2. The highest BCUT2D eigenvalue weighted by atomic mass is 16.5. The number of aliphatic hydroxyl groups is 1. The molecule has 0 aliphatic carbocycles. The molecular weight excluding hydrogens is 240 g/mol. The summed E-state index contributed by atoms with van der Waals surface area (Å²) in [5.74, 6) is 1.38. The van der Waals surface area contributed by atoms with Crippen LogP contribution in [0.4, 0.5) is 0 Å². The molecule has 4 heteroatoms. The van der Waals surface area contributed by atoms with Crippen molar-refractivity contribution in [2.45, 2.75) is 32.3 Å². The van der Waals surface area contributed by atoms with Gasteiger partial charge in [0.1, 0.15) is 5.75 Å². The quantitative estimate of drug-likeness (QED) is 0.904. The Labute approximate surface area is 115 Å². The van der Waals surface area contributed by atoms with E-state index in [1.807, 2.05) is 6.07 Å². The van der Waals surface area contributed by atoms with Crippen LogP contribution in [0.15, 0.2) is 18.5 Å². The van der Waals surface area contributed by atoms with Crippen LogP contribution >= 0.6 is 0 Å². The van der Waals surface area contributed by atoms with E-state index >= 15 is 0 Å². The summed E-state index contributed by atoms with van der Waals surface area (Å²) in [5.41, 5.74) is 0.116. The lowest BCUT2D eigenvalue weighted by Crippen LogP contribution is -2.43. The number of rotatable bonds is 4. The van der Waals surface area contributed by atoms with Crippen LogP contribution in [0.5, 0.6) is 5.75 Å². The largest absolute Gasteiger partial charge is 0.495 e. The maximum atomic E-state index is 10.8. The number of hydrogen-bond acceptors (Lipinski definition) is 4. The van der Waals surface area contributed by atoms with Gasteiger partial charge in [0.15, 0.2) is 0 Å². The van der Waals surface area contributed by atoms with Crippen LogP contribution in [0.25, 0.3) is 0 Å².